The number of fused-ring (bicyclic) bond motifs is 1. The SMILES string of the molecule is CCOc1ccc(OCC(=O)OCn2nnc3ccccc3c2=O)cc1. The number of hydrogen-bond acceptors (Lipinski definition) is 7. The van der Waals surface area contributed by atoms with E-state index in [4.69, 9.17) is 14.2 Å². The number of ether oxygens (including phenoxy) is 3. The normalized spacial score (nSPS) is 10.5. The number of nitrogens with zero attached hydrogens (tertiary/aromatic N) is 3. The van der Waals surface area contributed by atoms with Gasteiger partial charge in [-0.3, -0.25) is 4.79 Å². The van der Waals surface area contributed by atoms with Gasteiger partial charge in [0, 0.05) is 0 Å². The van der Waals surface area contributed by atoms with Crippen molar-refractivity contribution < 1.29 is 19.0 Å². The fourth-order valence-corrected chi connectivity index (χ4v) is 2.22. The van der Waals surface area contributed by atoms with Crippen LogP contribution in [0.25, 0.3) is 10.9 Å². The first-order valence-electron chi connectivity index (χ1n) is 8.01. The predicted octanol–water partition coefficient (Wildman–Crippen LogP) is 1.77. The molecule has 0 amide bonds. The molecule has 3 aromatic rings. The number of aromatic nitrogens is 3. The zero-order valence-corrected chi connectivity index (χ0v) is 14.1. The van der Waals surface area contributed by atoms with Crippen LogP contribution in [0, 0.1) is 0 Å². The van der Waals surface area contributed by atoms with E-state index in [1.54, 1.807) is 48.5 Å². The molecule has 0 saturated heterocycles. The van der Waals surface area contributed by atoms with E-state index >= 15 is 0 Å². The second kappa shape index (κ2) is 8.11. The maximum Gasteiger partial charge on any atom is 0.345 e. The summed E-state index contributed by atoms with van der Waals surface area (Å²) in [5.41, 5.74) is 0.106. The zero-order valence-electron chi connectivity index (χ0n) is 14.1. The highest BCUT2D eigenvalue weighted by Gasteiger charge is 2.09. The molecular weight excluding hydrogens is 338 g/mol. The minimum atomic E-state index is -0.624. The van der Waals surface area contributed by atoms with E-state index in [2.05, 4.69) is 10.3 Å². The summed E-state index contributed by atoms with van der Waals surface area (Å²) >= 11 is 0. The van der Waals surface area contributed by atoms with Gasteiger partial charge in [0.15, 0.2) is 13.3 Å². The smallest absolute Gasteiger partial charge is 0.345 e. The monoisotopic (exact) mass is 355 g/mol. The molecule has 0 spiro atoms. The molecule has 134 valence electrons. The minimum absolute atomic E-state index is 0.288. The van der Waals surface area contributed by atoms with Gasteiger partial charge in [-0.15, -0.1) is 5.10 Å². The van der Waals surface area contributed by atoms with E-state index < -0.39 is 5.97 Å². The van der Waals surface area contributed by atoms with Crippen LogP contribution in [0.15, 0.2) is 53.3 Å². The van der Waals surface area contributed by atoms with Gasteiger partial charge in [0.05, 0.1) is 12.0 Å². The molecule has 0 bridgehead atoms. The molecule has 0 unspecified atom stereocenters. The highest BCUT2D eigenvalue weighted by Crippen LogP contribution is 2.17. The van der Waals surface area contributed by atoms with E-state index in [1.165, 1.54) is 0 Å². The summed E-state index contributed by atoms with van der Waals surface area (Å²) in [4.78, 5) is 24.0. The van der Waals surface area contributed by atoms with Crippen LogP contribution in [0.4, 0.5) is 0 Å². The largest absolute Gasteiger partial charge is 0.494 e. The maximum absolute atomic E-state index is 12.2. The molecule has 2 aromatic carbocycles. The first-order chi connectivity index (χ1) is 12.7. The van der Waals surface area contributed by atoms with Crippen LogP contribution in [0.5, 0.6) is 11.5 Å². The van der Waals surface area contributed by atoms with Crippen molar-refractivity contribution in [1.29, 1.82) is 0 Å². The van der Waals surface area contributed by atoms with Gasteiger partial charge in [0.1, 0.15) is 17.0 Å². The highest BCUT2D eigenvalue weighted by atomic mass is 16.6. The fourth-order valence-electron chi connectivity index (χ4n) is 2.22. The maximum atomic E-state index is 12.2. The Labute approximate surface area is 148 Å². The van der Waals surface area contributed by atoms with Crippen molar-refractivity contribution in [2.45, 2.75) is 13.7 Å². The van der Waals surface area contributed by atoms with Crippen molar-refractivity contribution in [3.8, 4) is 11.5 Å². The van der Waals surface area contributed by atoms with Crippen LogP contribution in [0.3, 0.4) is 0 Å². The summed E-state index contributed by atoms with van der Waals surface area (Å²) in [6, 6.07) is 13.7. The average Bonchev–Trinajstić information content (AvgIpc) is 2.67. The lowest BCUT2D eigenvalue weighted by Crippen LogP contribution is -2.27. The number of carbonyl (C=O) groups is 1. The second-order valence-electron chi connectivity index (χ2n) is 5.25. The topological polar surface area (TPSA) is 92.5 Å². The number of benzene rings is 2. The van der Waals surface area contributed by atoms with Crippen molar-refractivity contribution in [1.82, 2.24) is 15.0 Å². The van der Waals surface area contributed by atoms with Crippen molar-refractivity contribution in [2.75, 3.05) is 13.2 Å². The lowest BCUT2D eigenvalue weighted by atomic mass is 10.2. The summed E-state index contributed by atoms with van der Waals surface area (Å²) in [6.07, 6.45) is 0. The molecule has 0 saturated carbocycles. The Balaban J connectivity index is 1.54. The summed E-state index contributed by atoms with van der Waals surface area (Å²) < 4.78 is 16.7. The molecular formula is C18H17N3O5. The van der Waals surface area contributed by atoms with Crippen LogP contribution in [0.2, 0.25) is 0 Å². The third kappa shape index (κ3) is 4.15. The van der Waals surface area contributed by atoms with Gasteiger partial charge in [-0.2, -0.15) is 4.68 Å². The van der Waals surface area contributed by atoms with Crippen molar-refractivity contribution in [2.24, 2.45) is 0 Å². The van der Waals surface area contributed by atoms with Gasteiger partial charge >= 0.3 is 5.97 Å². The number of esters is 1. The quantitative estimate of drug-likeness (QED) is 0.596. The van der Waals surface area contributed by atoms with Gasteiger partial charge in [0.2, 0.25) is 0 Å². The van der Waals surface area contributed by atoms with Gasteiger partial charge < -0.3 is 14.2 Å². The average molecular weight is 355 g/mol. The van der Waals surface area contributed by atoms with Crippen LogP contribution < -0.4 is 15.0 Å². The minimum Gasteiger partial charge on any atom is -0.494 e. The van der Waals surface area contributed by atoms with E-state index in [9.17, 15) is 9.59 Å². The second-order valence-corrected chi connectivity index (χ2v) is 5.25. The molecule has 0 N–H and O–H groups in total. The Morgan fingerprint density at radius 1 is 1.04 bits per heavy atom. The van der Waals surface area contributed by atoms with Crippen LogP contribution in [-0.2, 0) is 16.3 Å². The van der Waals surface area contributed by atoms with Crippen molar-refractivity contribution in [3.05, 3.63) is 58.9 Å². The lowest BCUT2D eigenvalue weighted by Gasteiger charge is -2.09. The van der Waals surface area contributed by atoms with E-state index in [1.807, 2.05) is 6.92 Å². The first-order valence-corrected chi connectivity index (χ1v) is 8.01. The van der Waals surface area contributed by atoms with Crippen molar-refractivity contribution >= 4 is 16.9 Å². The first kappa shape index (κ1) is 17.4. The molecule has 0 radical (unpaired) electrons. The zero-order chi connectivity index (χ0) is 18.4. The summed E-state index contributed by atoms with van der Waals surface area (Å²) in [7, 11) is 0. The van der Waals surface area contributed by atoms with Crippen LogP contribution >= 0.6 is 0 Å². The van der Waals surface area contributed by atoms with E-state index in [-0.39, 0.29) is 18.9 Å². The number of hydrogen-bond donors (Lipinski definition) is 0. The predicted molar refractivity (Wildman–Crippen MR) is 93.0 cm³/mol. The lowest BCUT2D eigenvalue weighted by molar-refractivity contribution is -0.150. The van der Waals surface area contributed by atoms with Gasteiger partial charge in [-0.05, 0) is 43.3 Å². The molecule has 0 fully saturated rings. The van der Waals surface area contributed by atoms with E-state index in [0.717, 1.165) is 10.4 Å². The molecule has 0 aliphatic carbocycles. The Morgan fingerprint density at radius 2 is 1.73 bits per heavy atom. The summed E-state index contributed by atoms with van der Waals surface area (Å²) in [5, 5.41) is 8.07. The standard InChI is InChI=1S/C18H17N3O5/c1-2-24-13-7-9-14(10-8-13)25-11-17(22)26-12-21-18(23)15-5-3-4-6-16(15)19-20-21/h3-10H,2,11-12H2,1H3. The molecule has 1 heterocycles. The molecule has 0 atom stereocenters. The Kier molecular flexibility index (Phi) is 5.43. The third-order valence-electron chi connectivity index (χ3n) is 3.47. The molecule has 0 aliphatic rings. The third-order valence-corrected chi connectivity index (χ3v) is 3.47. The van der Waals surface area contributed by atoms with Crippen molar-refractivity contribution in [3.63, 3.8) is 0 Å². The van der Waals surface area contributed by atoms with Crippen LogP contribution in [-0.4, -0.2) is 34.2 Å². The molecule has 26 heavy (non-hydrogen) atoms. The van der Waals surface area contributed by atoms with Gasteiger partial charge in [0.25, 0.3) is 5.56 Å². The van der Waals surface area contributed by atoms with Gasteiger partial charge in [-0.1, -0.05) is 17.3 Å². The van der Waals surface area contributed by atoms with E-state index in [0.29, 0.717) is 23.3 Å². The highest BCUT2D eigenvalue weighted by molar-refractivity contribution is 5.76. The summed E-state index contributed by atoms with van der Waals surface area (Å²) in [6.45, 7) is 1.85. The summed E-state index contributed by atoms with van der Waals surface area (Å²) in [5.74, 6) is 0.602. The number of carbonyl (C=O) groups excluding carboxylic acids is 1. The fraction of sp³-hybridized carbons (Fsp3) is 0.222. The number of rotatable bonds is 7. The molecule has 0 aliphatic heterocycles. The Bertz CT molecular complexity index is 953. The molecule has 1 aromatic heterocycles. The Morgan fingerprint density at radius 3 is 2.46 bits per heavy atom. The van der Waals surface area contributed by atoms with Crippen LogP contribution in [0.1, 0.15) is 6.92 Å². The Hall–Kier alpha value is -3.42. The molecule has 3 rings (SSSR count). The molecule has 8 nitrogen and oxygen atoms in total. The molecule has 8 heteroatoms. The van der Waals surface area contributed by atoms with Gasteiger partial charge in [-0.25, -0.2) is 4.79 Å².